The van der Waals surface area contributed by atoms with E-state index in [4.69, 9.17) is 4.74 Å². The van der Waals surface area contributed by atoms with Gasteiger partial charge in [0.1, 0.15) is 11.6 Å². The van der Waals surface area contributed by atoms with Crippen LogP contribution >= 0.6 is 0 Å². The van der Waals surface area contributed by atoms with Gasteiger partial charge in [0.25, 0.3) is 0 Å². The maximum absolute atomic E-state index is 13.1. The normalized spacial score (nSPS) is 17.3. The van der Waals surface area contributed by atoms with Gasteiger partial charge in [-0.2, -0.15) is 0 Å². The molecule has 1 amide bonds. The summed E-state index contributed by atoms with van der Waals surface area (Å²) in [4.78, 5) is 18.7. The van der Waals surface area contributed by atoms with Gasteiger partial charge < -0.3 is 15.0 Å². The molecule has 0 saturated carbocycles. The first kappa shape index (κ1) is 17.4. The molecule has 1 aliphatic heterocycles. The van der Waals surface area contributed by atoms with Gasteiger partial charge in [-0.1, -0.05) is 12.1 Å². The third kappa shape index (κ3) is 4.76. The Hall–Kier alpha value is -2.47. The molecular formula is C19H22FN3O2. The predicted octanol–water partition coefficient (Wildman–Crippen LogP) is 2.55. The van der Waals surface area contributed by atoms with Crippen molar-refractivity contribution >= 4 is 5.91 Å². The SMILES string of the molecule is O=C(CCCOc1cccc(F)c1)N1CCNCC1c1cccnc1. The summed E-state index contributed by atoms with van der Waals surface area (Å²) in [5.74, 6) is 0.273. The first-order valence-corrected chi connectivity index (χ1v) is 8.52. The lowest BCUT2D eigenvalue weighted by atomic mass is 10.0. The Morgan fingerprint density at radius 3 is 3.08 bits per heavy atom. The zero-order valence-corrected chi connectivity index (χ0v) is 14.0. The van der Waals surface area contributed by atoms with E-state index in [0.717, 1.165) is 18.7 Å². The van der Waals surface area contributed by atoms with Crippen LogP contribution in [0.4, 0.5) is 4.39 Å². The van der Waals surface area contributed by atoms with Gasteiger partial charge >= 0.3 is 0 Å². The highest BCUT2D eigenvalue weighted by Gasteiger charge is 2.27. The highest BCUT2D eigenvalue weighted by atomic mass is 19.1. The van der Waals surface area contributed by atoms with E-state index < -0.39 is 0 Å². The molecule has 5 nitrogen and oxygen atoms in total. The smallest absolute Gasteiger partial charge is 0.223 e. The number of rotatable bonds is 6. The van der Waals surface area contributed by atoms with Crippen molar-refractivity contribution in [1.29, 1.82) is 0 Å². The molecule has 0 aliphatic carbocycles. The Bertz CT molecular complexity index is 696. The molecule has 1 fully saturated rings. The highest BCUT2D eigenvalue weighted by molar-refractivity contribution is 5.76. The van der Waals surface area contributed by atoms with Crippen LogP contribution in [0.1, 0.15) is 24.4 Å². The second-order valence-corrected chi connectivity index (χ2v) is 6.00. The molecule has 2 aromatic rings. The third-order valence-corrected chi connectivity index (χ3v) is 4.23. The molecular weight excluding hydrogens is 321 g/mol. The van der Waals surface area contributed by atoms with Crippen molar-refractivity contribution < 1.29 is 13.9 Å². The van der Waals surface area contributed by atoms with E-state index >= 15 is 0 Å². The molecule has 0 radical (unpaired) electrons. The molecule has 1 aromatic carbocycles. The van der Waals surface area contributed by atoms with Crippen molar-refractivity contribution in [2.24, 2.45) is 0 Å². The van der Waals surface area contributed by atoms with E-state index in [-0.39, 0.29) is 17.8 Å². The minimum Gasteiger partial charge on any atom is -0.493 e. The number of benzene rings is 1. The topological polar surface area (TPSA) is 54.5 Å². The number of carbonyl (C=O) groups is 1. The zero-order valence-electron chi connectivity index (χ0n) is 14.0. The second-order valence-electron chi connectivity index (χ2n) is 6.00. The minimum atomic E-state index is -0.325. The minimum absolute atomic E-state index is 0.0130. The van der Waals surface area contributed by atoms with Crippen LogP contribution in [0.25, 0.3) is 0 Å². The van der Waals surface area contributed by atoms with Gasteiger partial charge in [-0.15, -0.1) is 0 Å². The number of pyridine rings is 1. The van der Waals surface area contributed by atoms with E-state index in [1.54, 1.807) is 18.3 Å². The molecule has 1 N–H and O–H groups in total. The van der Waals surface area contributed by atoms with Crippen molar-refractivity contribution in [2.45, 2.75) is 18.9 Å². The molecule has 0 bridgehead atoms. The Morgan fingerprint density at radius 2 is 2.28 bits per heavy atom. The van der Waals surface area contributed by atoms with Crippen molar-refractivity contribution in [3.05, 3.63) is 60.2 Å². The Balaban J connectivity index is 1.51. The Labute approximate surface area is 146 Å². The molecule has 0 spiro atoms. The van der Waals surface area contributed by atoms with Gasteiger partial charge in [0.15, 0.2) is 0 Å². The van der Waals surface area contributed by atoms with Crippen LogP contribution in [-0.2, 0) is 4.79 Å². The number of ether oxygens (including phenoxy) is 1. The lowest BCUT2D eigenvalue weighted by Crippen LogP contribution is -2.48. The summed E-state index contributed by atoms with van der Waals surface area (Å²) in [6.45, 7) is 2.60. The maximum atomic E-state index is 13.1. The Morgan fingerprint density at radius 1 is 1.36 bits per heavy atom. The van der Waals surface area contributed by atoms with Gasteiger partial charge in [-0.3, -0.25) is 9.78 Å². The summed E-state index contributed by atoms with van der Waals surface area (Å²) >= 11 is 0. The van der Waals surface area contributed by atoms with Gasteiger partial charge in [-0.05, 0) is 30.2 Å². The largest absolute Gasteiger partial charge is 0.493 e. The summed E-state index contributed by atoms with van der Waals surface area (Å²) in [5.41, 5.74) is 1.04. The number of nitrogens with zero attached hydrogens (tertiary/aromatic N) is 2. The average Bonchev–Trinajstić information content (AvgIpc) is 2.66. The number of hydrogen-bond acceptors (Lipinski definition) is 4. The fourth-order valence-corrected chi connectivity index (χ4v) is 2.99. The van der Waals surface area contributed by atoms with E-state index in [1.165, 1.54) is 12.1 Å². The lowest BCUT2D eigenvalue weighted by molar-refractivity contribution is -0.134. The molecule has 3 rings (SSSR count). The van der Waals surface area contributed by atoms with Crippen LogP contribution in [0.5, 0.6) is 5.75 Å². The van der Waals surface area contributed by atoms with Crippen LogP contribution in [0, 0.1) is 5.82 Å². The van der Waals surface area contributed by atoms with E-state index in [1.807, 2.05) is 23.2 Å². The fourth-order valence-electron chi connectivity index (χ4n) is 2.99. The zero-order chi connectivity index (χ0) is 17.5. The second kappa shape index (κ2) is 8.58. The molecule has 2 heterocycles. The number of aromatic nitrogens is 1. The van der Waals surface area contributed by atoms with E-state index in [0.29, 0.717) is 31.7 Å². The molecule has 1 atom stereocenters. The van der Waals surface area contributed by atoms with Crippen LogP contribution in [0.2, 0.25) is 0 Å². The van der Waals surface area contributed by atoms with E-state index in [9.17, 15) is 9.18 Å². The number of nitrogens with one attached hydrogen (secondary N) is 1. The first-order chi connectivity index (χ1) is 12.2. The van der Waals surface area contributed by atoms with Crippen LogP contribution in [-0.4, -0.2) is 42.0 Å². The average molecular weight is 343 g/mol. The molecule has 1 aliphatic rings. The van der Waals surface area contributed by atoms with Crippen LogP contribution in [0.3, 0.4) is 0 Å². The van der Waals surface area contributed by atoms with Crippen molar-refractivity contribution in [3.63, 3.8) is 0 Å². The summed E-state index contributed by atoms with van der Waals surface area (Å²) in [5, 5.41) is 3.33. The molecule has 25 heavy (non-hydrogen) atoms. The number of piperazine rings is 1. The fraction of sp³-hybridized carbons (Fsp3) is 0.368. The number of carbonyl (C=O) groups excluding carboxylic acids is 1. The maximum Gasteiger partial charge on any atom is 0.223 e. The first-order valence-electron chi connectivity index (χ1n) is 8.52. The molecule has 1 unspecified atom stereocenters. The quantitative estimate of drug-likeness (QED) is 0.819. The van der Waals surface area contributed by atoms with Crippen LogP contribution < -0.4 is 10.1 Å². The molecule has 132 valence electrons. The molecule has 1 saturated heterocycles. The number of hydrogen-bond donors (Lipinski definition) is 1. The summed E-state index contributed by atoms with van der Waals surface area (Å²) in [6, 6.07) is 9.93. The monoisotopic (exact) mass is 343 g/mol. The summed E-state index contributed by atoms with van der Waals surface area (Å²) < 4.78 is 18.6. The van der Waals surface area contributed by atoms with Crippen molar-refractivity contribution in [2.75, 3.05) is 26.2 Å². The van der Waals surface area contributed by atoms with Gasteiger partial charge in [0, 0.05) is 44.5 Å². The van der Waals surface area contributed by atoms with Gasteiger partial charge in [0.05, 0.1) is 12.6 Å². The third-order valence-electron chi connectivity index (χ3n) is 4.23. The van der Waals surface area contributed by atoms with Crippen molar-refractivity contribution in [3.8, 4) is 5.75 Å². The van der Waals surface area contributed by atoms with E-state index in [2.05, 4.69) is 10.3 Å². The standard InChI is InChI=1S/C19H22FN3O2/c20-16-5-1-6-17(12-16)25-11-3-7-19(24)23-10-9-22-14-18(23)15-4-2-8-21-13-15/h1-2,4-6,8,12-13,18,22H,3,7,9-11,14H2. The predicted molar refractivity (Wildman–Crippen MR) is 92.7 cm³/mol. The number of halogens is 1. The Kier molecular flexibility index (Phi) is 5.95. The summed E-state index contributed by atoms with van der Waals surface area (Å²) in [6.07, 6.45) is 4.55. The molecule has 6 heteroatoms. The van der Waals surface area contributed by atoms with Gasteiger partial charge in [0.2, 0.25) is 5.91 Å². The highest BCUT2D eigenvalue weighted by Crippen LogP contribution is 2.22. The number of amides is 1. The van der Waals surface area contributed by atoms with Gasteiger partial charge in [-0.25, -0.2) is 4.39 Å². The summed E-state index contributed by atoms with van der Waals surface area (Å²) in [7, 11) is 0. The molecule has 1 aromatic heterocycles. The lowest BCUT2D eigenvalue weighted by Gasteiger charge is -2.36. The van der Waals surface area contributed by atoms with Crippen molar-refractivity contribution in [1.82, 2.24) is 15.2 Å². The van der Waals surface area contributed by atoms with Crippen LogP contribution in [0.15, 0.2) is 48.8 Å².